The number of halogens is 6. The third-order valence-electron chi connectivity index (χ3n) is 3.19. The van der Waals surface area contributed by atoms with Crippen molar-refractivity contribution in [3.63, 3.8) is 0 Å². The van der Waals surface area contributed by atoms with Gasteiger partial charge in [-0.3, -0.25) is 0 Å². The van der Waals surface area contributed by atoms with Crippen LogP contribution in [0.1, 0.15) is 13.8 Å². The maximum Gasteiger partial charge on any atom is 0.422 e. The molecular formula is C17H15F6NO6. The molecule has 13 heteroatoms. The fourth-order valence-electron chi connectivity index (χ4n) is 2.09. The molecule has 1 aliphatic heterocycles. The van der Waals surface area contributed by atoms with Crippen molar-refractivity contribution in [2.75, 3.05) is 18.5 Å². The van der Waals surface area contributed by atoms with Gasteiger partial charge in [0.1, 0.15) is 11.5 Å². The SMILES string of the molecule is CC1(C)OC(=O)C(=CNc2cc(OCC(F)(F)F)cc(OCC(F)(F)F)c2)C(=O)O1. The van der Waals surface area contributed by atoms with Gasteiger partial charge in [-0.1, -0.05) is 0 Å². The van der Waals surface area contributed by atoms with E-state index >= 15 is 0 Å². The molecule has 0 unspecified atom stereocenters. The molecule has 0 saturated carbocycles. The first-order chi connectivity index (χ1) is 13.6. The molecule has 1 heterocycles. The maximum absolute atomic E-state index is 12.4. The Balaban J connectivity index is 2.24. The number of benzene rings is 1. The molecule has 1 saturated heterocycles. The van der Waals surface area contributed by atoms with Crippen LogP contribution < -0.4 is 14.8 Å². The fourth-order valence-corrected chi connectivity index (χ4v) is 2.09. The van der Waals surface area contributed by atoms with E-state index in [9.17, 15) is 35.9 Å². The van der Waals surface area contributed by atoms with Crippen molar-refractivity contribution < 1.29 is 54.9 Å². The highest BCUT2D eigenvalue weighted by Crippen LogP contribution is 2.30. The van der Waals surface area contributed by atoms with Gasteiger partial charge in [0.15, 0.2) is 18.8 Å². The van der Waals surface area contributed by atoms with Crippen molar-refractivity contribution in [3.8, 4) is 11.5 Å². The largest absolute Gasteiger partial charge is 0.484 e. The molecule has 166 valence electrons. The van der Waals surface area contributed by atoms with E-state index in [2.05, 4.69) is 14.8 Å². The van der Waals surface area contributed by atoms with Crippen LogP contribution in [0.5, 0.6) is 11.5 Å². The number of esters is 2. The van der Waals surface area contributed by atoms with Crippen molar-refractivity contribution in [2.24, 2.45) is 0 Å². The van der Waals surface area contributed by atoms with Crippen LogP contribution in [0.3, 0.4) is 0 Å². The Bertz CT molecular complexity index is 788. The lowest BCUT2D eigenvalue weighted by Crippen LogP contribution is -2.42. The number of hydrogen-bond acceptors (Lipinski definition) is 7. The van der Waals surface area contributed by atoms with Gasteiger partial charge in [0.25, 0.3) is 5.79 Å². The number of hydrogen-bond donors (Lipinski definition) is 1. The van der Waals surface area contributed by atoms with Crippen molar-refractivity contribution >= 4 is 17.6 Å². The molecule has 0 spiro atoms. The Morgan fingerprint density at radius 2 is 1.33 bits per heavy atom. The van der Waals surface area contributed by atoms with Crippen LogP contribution in [0.2, 0.25) is 0 Å². The lowest BCUT2D eigenvalue weighted by molar-refractivity contribution is -0.222. The molecular weight excluding hydrogens is 428 g/mol. The highest BCUT2D eigenvalue weighted by molar-refractivity contribution is 6.15. The summed E-state index contributed by atoms with van der Waals surface area (Å²) in [6, 6.07) is 2.81. The third kappa shape index (κ3) is 7.37. The summed E-state index contributed by atoms with van der Waals surface area (Å²) in [4.78, 5) is 23.7. The molecule has 30 heavy (non-hydrogen) atoms. The van der Waals surface area contributed by atoms with Gasteiger partial charge >= 0.3 is 24.3 Å². The van der Waals surface area contributed by atoms with Gasteiger partial charge in [-0.15, -0.1) is 0 Å². The van der Waals surface area contributed by atoms with Gasteiger partial charge in [-0.2, -0.15) is 26.3 Å². The fraction of sp³-hybridized carbons (Fsp3) is 0.412. The molecule has 7 nitrogen and oxygen atoms in total. The summed E-state index contributed by atoms with van der Waals surface area (Å²) in [5, 5.41) is 2.39. The van der Waals surface area contributed by atoms with Crippen LogP contribution in [-0.2, 0) is 19.1 Å². The number of ether oxygens (including phenoxy) is 4. The Kier molecular flexibility index (Phi) is 6.42. The number of rotatable bonds is 6. The van der Waals surface area contributed by atoms with E-state index in [1.54, 1.807) is 0 Å². The zero-order valence-corrected chi connectivity index (χ0v) is 15.4. The maximum atomic E-state index is 12.4. The minimum atomic E-state index is -4.69. The van der Waals surface area contributed by atoms with E-state index < -0.39 is 60.4 Å². The number of carbonyl (C=O) groups is 2. The topological polar surface area (TPSA) is 83.1 Å². The van der Waals surface area contributed by atoms with E-state index in [4.69, 9.17) is 9.47 Å². The van der Waals surface area contributed by atoms with Crippen LogP contribution in [0.15, 0.2) is 30.0 Å². The van der Waals surface area contributed by atoms with Crippen molar-refractivity contribution in [2.45, 2.75) is 32.0 Å². The van der Waals surface area contributed by atoms with Gasteiger partial charge in [0.05, 0.1) is 0 Å². The number of cyclic esters (lactones) is 2. The molecule has 0 amide bonds. The number of alkyl halides is 6. The zero-order valence-electron chi connectivity index (χ0n) is 15.4. The van der Waals surface area contributed by atoms with Gasteiger partial charge in [-0.05, 0) is 0 Å². The molecule has 1 N–H and O–H groups in total. The van der Waals surface area contributed by atoms with E-state index in [1.807, 2.05) is 0 Å². The second-order valence-corrected chi connectivity index (χ2v) is 6.38. The summed E-state index contributed by atoms with van der Waals surface area (Å²) >= 11 is 0. The van der Waals surface area contributed by atoms with E-state index in [-0.39, 0.29) is 5.69 Å². The molecule has 1 fully saturated rings. The monoisotopic (exact) mass is 443 g/mol. The molecule has 1 aromatic rings. The second-order valence-electron chi connectivity index (χ2n) is 6.38. The van der Waals surface area contributed by atoms with E-state index in [1.165, 1.54) is 13.8 Å². The summed E-state index contributed by atoms with van der Waals surface area (Å²) < 4.78 is 92.9. The van der Waals surface area contributed by atoms with Gasteiger partial charge in [0.2, 0.25) is 0 Å². The minimum absolute atomic E-state index is 0.134. The molecule has 0 aromatic heterocycles. The predicted octanol–water partition coefficient (Wildman–Crippen LogP) is 3.70. The zero-order chi connectivity index (χ0) is 22.7. The van der Waals surface area contributed by atoms with Gasteiger partial charge in [0, 0.05) is 43.9 Å². The van der Waals surface area contributed by atoms with Crippen molar-refractivity contribution in [3.05, 3.63) is 30.0 Å². The molecule has 1 aromatic carbocycles. The number of carbonyl (C=O) groups excluding carboxylic acids is 2. The second kappa shape index (κ2) is 8.32. The Morgan fingerprint density at radius 3 is 1.73 bits per heavy atom. The lowest BCUT2D eigenvalue weighted by atomic mass is 10.2. The standard InChI is InChI=1S/C17H15F6NO6/c1-15(2)29-13(25)12(14(26)30-15)6-24-9-3-10(27-7-16(18,19)20)5-11(4-9)28-8-17(21,22)23/h3-6,24H,7-8H2,1-2H3. The molecule has 0 bridgehead atoms. The van der Waals surface area contributed by atoms with E-state index in [0.29, 0.717) is 0 Å². The Morgan fingerprint density at radius 1 is 0.900 bits per heavy atom. The quantitative estimate of drug-likeness (QED) is 0.311. The third-order valence-corrected chi connectivity index (χ3v) is 3.19. The van der Waals surface area contributed by atoms with E-state index in [0.717, 1.165) is 24.4 Å². The highest BCUT2D eigenvalue weighted by atomic mass is 19.4. The van der Waals surface area contributed by atoms with Crippen molar-refractivity contribution in [1.82, 2.24) is 0 Å². The van der Waals surface area contributed by atoms with Gasteiger partial charge < -0.3 is 24.3 Å². The van der Waals surface area contributed by atoms with Crippen LogP contribution in [-0.4, -0.2) is 43.3 Å². The highest BCUT2D eigenvalue weighted by Gasteiger charge is 2.39. The Labute approximate surface area is 165 Å². The Hall–Kier alpha value is -3.12. The van der Waals surface area contributed by atoms with Crippen molar-refractivity contribution in [1.29, 1.82) is 0 Å². The number of nitrogens with one attached hydrogen (secondary N) is 1. The molecule has 1 aliphatic rings. The molecule has 0 radical (unpaired) electrons. The average Bonchev–Trinajstić information content (AvgIpc) is 2.55. The van der Waals surface area contributed by atoms with Crippen LogP contribution in [0.4, 0.5) is 32.0 Å². The van der Waals surface area contributed by atoms with Crippen LogP contribution >= 0.6 is 0 Å². The first-order valence-electron chi connectivity index (χ1n) is 8.11. The summed E-state index contributed by atoms with van der Waals surface area (Å²) in [6.45, 7) is -0.772. The van der Waals surface area contributed by atoms with Crippen LogP contribution in [0.25, 0.3) is 0 Å². The average molecular weight is 443 g/mol. The number of anilines is 1. The van der Waals surface area contributed by atoms with Gasteiger partial charge in [-0.25, -0.2) is 9.59 Å². The molecule has 0 atom stereocenters. The predicted molar refractivity (Wildman–Crippen MR) is 87.5 cm³/mol. The summed E-state index contributed by atoms with van der Waals surface area (Å²) in [6.07, 6.45) is -8.56. The summed E-state index contributed by atoms with van der Waals surface area (Å²) in [7, 11) is 0. The summed E-state index contributed by atoms with van der Waals surface area (Å²) in [5.41, 5.74) is -0.710. The van der Waals surface area contributed by atoms with Crippen LogP contribution in [0, 0.1) is 0 Å². The summed E-state index contributed by atoms with van der Waals surface area (Å²) in [5.74, 6) is -4.51. The minimum Gasteiger partial charge on any atom is -0.484 e. The smallest absolute Gasteiger partial charge is 0.422 e. The lowest BCUT2D eigenvalue weighted by Gasteiger charge is -2.29. The molecule has 0 aliphatic carbocycles. The normalized spacial score (nSPS) is 16.5. The first kappa shape index (κ1) is 23.2. The molecule has 2 rings (SSSR count). The first-order valence-corrected chi connectivity index (χ1v) is 8.11.